The molecule has 26 heavy (non-hydrogen) atoms. The Kier molecular flexibility index (Phi) is 5.36. The number of hydrogen-bond acceptors (Lipinski definition) is 6. The summed E-state index contributed by atoms with van der Waals surface area (Å²) in [7, 11) is -3.04. The van der Waals surface area contributed by atoms with Gasteiger partial charge in [-0.2, -0.15) is 4.80 Å². The molecular weight excluding hydrogens is 354 g/mol. The zero-order valence-electron chi connectivity index (χ0n) is 15.0. The summed E-state index contributed by atoms with van der Waals surface area (Å²) in [5.41, 5.74) is 1.97. The second-order valence-corrected chi connectivity index (χ2v) is 8.88. The van der Waals surface area contributed by atoms with E-state index in [1.807, 2.05) is 38.1 Å². The van der Waals surface area contributed by atoms with Crippen LogP contribution in [0.15, 0.2) is 24.3 Å². The number of aryl methyl sites for hydroxylation is 1. The van der Waals surface area contributed by atoms with Gasteiger partial charge in [-0.1, -0.05) is 36.8 Å². The summed E-state index contributed by atoms with van der Waals surface area (Å²) in [5.74, 6) is 0.465. The van der Waals surface area contributed by atoms with Gasteiger partial charge in [0.1, 0.15) is 6.54 Å². The highest BCUT2D eigenvalue weighted by atomic mass is 32.2. The molecule has 0 saturated carbocycles. The summed E-state index contributed by atoms with van der Waals surface area (Å²) < 4.78 is 23.5. The van der Waals surface area contributed by atoms with Crippen molar-refractivity contribution in [1.82, 2.24) is 25.1 Å². The zero-order valence-corrected chi connectivity index (χ0v) is 15.8. The third-order valence-electron chi connectivity index (χ3n) is 4.47. The summed E-state index contributed by atoms with van der Waals surface area (Å²) in [6.45, 7) is 4.44. The zero-order chi connectivity index (χ0) is 18.7. The Bertz CT molecular complexity index is 876. The fourth-order valence-corrected chi connectivity index (χ4v) is 4.84. The summed E-state index contributed by atoms with van der Waals surface area (Å²) in [5, 5.41) is 12.2. The molecule has 0 spiro atoms. The first kappa shape index (κ1) is 18.5. The molecule has 1 aliphatic heterocycles. The van der Waals surface area contributed by atoms with E-state index in [4.69, 9.17) is 0 Å². The van der Waals surface area contributed by atoms with Crippen LogP contribution in [-0.4, -0.2) is 63.5 Å². The molecule has 9 heteroatoms. The Morgan fingerprint density at radius 1 is 1.31 bits per heavy atom. The van der Waals surface area contributed by atoms with Crippen LogP contribution in [0.3, 0.4) is 0 Å². The van der Waals surface area contributed by atoms with Crippen LogP contribution in [0, 0.1) is 6.92 Å². The van der Waals surface area contributed by atoms with E-state index in [0.717, 1.165) is 17.5 Å². The number of rotatable bonds is 6. The number of benzene rings is 1. The highest BCUT2D eigenvalue weighted by Crippen LogP contribution is 2.19. The molecule has 1 fully saturated rings. The van der Waals surface area contributed by atoms with Crippen LogP contribution >= 0.6 is 0 Å². The van der Waals surface area contributed by atoms with Crippen LogP contribution in [0.4, 0.5) is 0 Å². The van der Waals surface area contributed by atoms with E-state index in [0.29, 0.717) is 18.8 Å². The van der Waals surface area contributed by atoms with Gasteiger partial charge in [-0.3, -0.25) is 4.79 Å². The van der Waals surface area contributed by atoms with Crippen LogP contribution < -0.4 is 0 Å². The molecular formula is C17H23N5O3S. The molecule has 0 radical (unpaired) electrons. The van der Waals surface area contributed by atoms with Crippen molar-refractivity contribution in [3.8, 4) is 11.4 Å². The number of nitrogens with zero attached hydrogens (tertiary/aromatic N) is 5. The number of aromatic nitrogens is 4. The van der Waals surface area contributed by atoms with Gasteiger partial charge in [0.05, 0.1) is 11.5 Å². The van der Waals surface area contributed by atoms with E-state index in [1.165, 1.54) is 4.80 Å². The highest BCUT2D eigenvalue weighted by Gasteiger charge is 2.34. The molecule has 140 valence electrons. The first-order valence-corrected chi connectivity index (χ1v) is 10.5. The van der Waals surface area contributed by atoms with E-state index in [1.54, 1.807) is 4.90 Å². The average Bonchev–Trinajstić information content (AvgIpc) is 3.19. The SMILES string of the molecule is CCCN(C(=O)Cn1nnc(-c2ccc(C)cc2)n1)C1CCS(=O)(=O)C1. The highest BCUT2D eigenvalue weighted by molar-refractivity contribution is 7.91. The second kappa shape index (κ2) is 7.53. The van der Waals surface area contributed by atoms with E-state index in [9.17, 15) is 13.2 Å². The maximum Gasteiger partial charge on any atom is 0.246 e. The summed E-state index contributed by atoms with van der Waals surface area (Å²) >= 11 is 0. The van der Waals surface area contributed by atoms with E-state index >= 15 is 0 Å². The molecule has 1 saturated heterocycles. The standard InChI is InChI=1S/C17H23N5O3S/c1-3-9-21(15-8-10-26(24,25)12-15)16(23)11-22-19-17(18-20-22)14-6-4-13(2)5-7-14/h4-7,15H,3,8-12H2,1-2H3. The minimum Gasteiger partial charge on any atom is -0.337 e. The molecule has 1 unspecified atom stereocenters. The second-order valence-electron chi connectivity index (χ2n) is 6.65. The number of sulfone groups is 1. The number of tetrazole rings is 1. The lowest BCUT2D eigenvalue weighted by Crippen LogP contribution is -2.43. The Morgan fingerprint density at radius 2 is 2.04 bits per heavy atom. The predicted octanol–water partition coefficient (Wildman–Crippen LogP) is 1.07. The van der Waals surface area contributed by atoms with Gasteiger partial charge in [-0.25, -0.2) is 8.42 Å². The first-order chi connectivity index (χ1) is 12.4. The summed E-state index contributed by atoms with van der Waals surface area (Å²) in [4.78, 5) is 15.6. The van der Waals surface area contributed by atoms with Gasteiger partial charge >= 0.3 is 0 Å². The molecule has 1 aromatic carbocycles. The largest absolute Gasteiger partial charge is 0.337 e. The maximum atomic E-state index is 12.7. The molecule has 2 aromatic rings. The van der Waals surface area contributed by atoms with E-state index in [-0.39, 0.29) is 30.0 Å². The number of amides is 1. The normalized spacial score (nSPS) is 18.8. The van der Waals surface area contributed by atoms with E-state index < -0.39 is 9.84 Å². The Balaban J connectivity index is 1.70. The predicted molar refractivity (Wildman–Crippen MR) is 97.1 cm³/mol. The first-order valence-electron chi connectivity index (χ1n) is 8.72. The fraction of sp³-hybridized carbons (Fsp3) is 0.529. The summed E-state index contributed by atoms with van der Waals surface area (Å²) in [6, 6.07) is 7.49. The van der Waals surface area contributed by atoms with E-state index in [2.05, 4.69) is 15.4 Å². The lowest BCUT2D eigenvalue weighted by Gasteiger charge is -2.27. The van der Waals surface area contributed by atoms with Gasteiger partial charge in [-0.15, -0.1) is 10.2 Å². The average molecular weight is 377 g/mol. The van der Waals surface area contributed by atoms with Crippen LogP contribution in [0.5, 0.6) is 0 Å². The molecule has 1 amide bonds. The maximum absolute atomic E-state index is 12.7. The van der Waals surface area contributed by atoms with Crippen molar-refractivity contribution in [3.05, 3.63) is 29.8 Å². The van der Waals surface area contributed by atoms with Gasteiger partial charge in [0.25, 0.3) is 0 Å². The van der Waals surface area contributed by atoms with Gasteiger partial charge < -0.3 is 4.90 Å². The fourth-order valence-electron chi connectivity index (χ4n) is 3.11. The topological polar surface area (TPSA) is 98.1 Å². The molecule has 8 nitrogen and oxygen atoms in total. The Hall–Kier alpha value is -2.29. The molecule has 3 rings (SSSR count). The lowest BCUT2D eigenvalue weighted by molar-refractivity contribution is -0.134. The summed E-state index contributed by atoms with van der Waals surface area (Å²) in [6.07, 6.45) is 1.26. The van der Waals surface area contributed by atoms with Gasteiger partial charge in [0, 0.05) is 18.2 Å². The van der Waals surface area contributed by atoms with Crippen molar-refractivity contribution < 1.29 is 13.2 Å². The molecule has 0 aliphatic carbocycles. The monoisotopic (exact) mass is 377 g/mol. The van der Waals surface area contributed by atoms with Crippen LogP contribution in [0.25, 0.3) is 11.4 Å². The molecule has 0 bridgehead atoms. The number of hydrogen-bond donors (Lipinski definition) is 0. The smallest absolute Gasteiger partial charge is 0.246 e. The minimum atomic E-state index is -3.04. The van der Waals surface area contributed by atoms with Crippen molar-refractivity contribution in [1.29, 1.82) is 0 Å². The van der Waals surface area contributed by atoms with Crippen molar-refractivity contribution >= 4 is 15.7 Å². The van der Waals surface area contributed by atoms with Crippen molar-refractivity contribution in [2.24, 2.45) is 0 Å². The molecule has 1 atom stereocenters. The molecule has 1 aromatic heterocycles. The third-order valence-corrected chi connectivity index (χ3v) is 6.22. The van der Waals surface area contributed by atoms with Crippen molar-refractivity contribution in [2.75, 3.05) is 18.1 Å². The lowest BCUT2D eigenvalue weighted by atomic mass is 10.1. The van der Waals surface area contributed by atoms with Gasteiger partial charge in [0.15, 0.2) is 9.84 Å². The van der Waals surface area contributed by atoms with Gasteiger partial charge in [-0.05, 0) is 25.0 Å². The van der Waals surface area contributed by atoms with Crippen LogP contribution in [0.1, 0.15) is 25.3 Å². The van der Waals surface area contributed by atoms with Crippen molar-refractivity contribution in [2.45, 2.75) is 39.3 Å². The Labute approximate surface area is 153 Å². The number of carbonyl (C=O) groups is 1. The van der Waals surface area contributed by atoms with Crippen LogP contribution in [0.2, 0.25) is 0 Å². The molecule has 0 N–H and O–H groups in total. The van der Waals surface area contributed by atoms with Gasteiger partial charge in [0.2, 0.25) is 11.7 Å². The molecule has 1 aliphatic rings. The molecule has 2 heterocycles. The Morgan fingerprint density at radius 3 is 2.65 bits per heavy atom. The minimum absolute atomic E-state index is 0.0398. The number of carbonyl (C=O) groups excluding carboxylic acids is 1. The quantitative estimate of drug-likeness (QED) is 0.747. The van der Waals surface area contributed by atoms with Crippen molar-refractivity contribution in [3.63, 3.8) is 0 Å². The van der Waals surface area contributed by atoms with Crippen LogP contribution in [-0.2, 0) is 21.2 Å². The third kappa shape index (κ3) is 4.27.